The molecule has 0 radical (unpaired) electrons. The van der Waals surface area contributed by atoms with Gasteiger partial charge < -0.3 is 24.1 Å². The van der Waals surface area contributed by atoms with Gasteiger partial charge in [0.15, 0.2) is 0 Å². The quantitative estimate of drug-likeness (QED) is 0.233. The van der Waals surface area contributed by atoms with Gasteiger partial charge in [-0.3, -0.25) is 14.4 Å². The molecule has 0 aromatic heterocycles. The summed E-state index contributed by atoms with van der Waals surface area (Å²) in [5.41, 5.74) is -1.27. The fourth-order valence-electron chi connectivity index (χ4n) is 9.74. The summed E-state index contributed by atoms with van der Waals surface area (Å²) in [5, 5.41) is 13.0. The number of carbonyl (C=O) groups excluding carboxylic acids is 4. The Morgan fingerprint density at radius 3 is 2.39 bits per heavy atom. The van der Waals surface area contributed by atoms with Crippen molar-refractivity contribution < 1.29 is 43.2 Å². The average Bonchev–Trinajstić information content (AvgIpc) is 3.53. The molecule has 0 aromatic carbocycles. The van der Waals surface area contributed by atoms with Gasteiger partial charge in [0, 0.05) is 50.0 Å². The zero-order valence-electron chi connectivity index (χ0n) is 25.1. The van der Waals surface area contributed by atoms with Crippen LogP contribution in [0.5, 0.6) is 0 Å². The monoisotopic (exact) mass is 570 g/mol. The molecule has 224 valence electrons. The molecule has 6 rings (SSSR count). The highest BCUT2D eigenvalue weighted by Crippen LogP contribution is 2.74. The normalized spacial score (nSPS) is 47.2. The van der Waals surface area contributed by atoms with Crippen molar-refractivity contribution in [1.29, 1.82) is 0 Å². The predicted octanol–water partition coefficient (Wildman–Crippen LogP) is 3.75. The highest BCUT2D eigenvalue weighted by Gasteiger charge is 2.82. The molecule has 9 heteroatoms. The van der Waals surface area contributed by atoms with E-state index in [0.717, 1.165) is 11.1 Å². The number of Topliss-reactive ketones (excluding diaryl/α,β-unsaturated/α-hetero) is 1. The number of hydrogen-bond acceptors (Lipinski definition) is 9. The highest BCUT2D eigenvalue weighted by atomic mass is 16.6. The lowest BCUT2D eigenvalue weighted by Gasteiger charge is -2.62. The first-order chi connectivity index (χ1) is 19.1. The molecule has 0 unspecified atom stereocenters. The fraction of sp³-hybridized carbons (Fsp3) is 0.750. The van der Waals surface area contributed by atoms with Crippen molar-refractivity contribution in [3.8, 4) is 0 Å². The molecule has 0 aromatic rings. The Balaban J connectivity index is 1.37. The second-order valence-electron chi connectivity index (χ2n) is 13.9. The van der Waals surface area contributed by atoms with Gasteiger partial charge in [0.1, 0.15) is 35.3 Å². The second-order valence-corrected chi connectivity index (χ2v) is 13.9. The maximum Gasteiger partial charge on any atom is 0.333 e. The van der Waals surface area contributed by atoms with Crippen LogP contribution in [0.3, 0.4) is 0 Å². The Labute approximate surface area is 241 Å². The van der Waals surface area contributed by atoms with Crippen LogP contribution in [-0.4, -0.2) is 64.4 Å². The first kappa shape index (κ1) is 28.6. The van der Waals surface area contributed by atoms with Gasteiger partial charge >= 0.3 is 17.9 Å². The van der Waals surface area contributed by atoms with E-state index in [-0.39, 0.29) is 42.0 Å². The fourth-order valence-corrected chi connectivity index (χ4v) is 9.74. The molecule has 4 fully saturated rings. The van der Waals surface area contributed by atoms with Gasteiger partial charge in [-0.2, -0.15) is 0 Å². The van der Waals surface area contributed by atoms with Crippen LogP contribution in [0.15, 0.2) is 22.8 Å². The number of rotatable bonds is 4. The first-order valence-electron chi connectivity index (χ1n) is 15.0. The predicted molar refractivity (Wildman–Crippen MR) is 145 cm³/mol. The largest absolute Gasteiger partial charge is 0.462 e. The van der Waals surface area contributed by atoms with E-state index in [4.69, 9.17) is 18.9 Å². The van der Waals surface area contributed by atoms with Crippen molar-refractivity contribution in [2.45, 2.75) is 123 Å². The molecule has 1 spiro atoms. The summed E-state index contributed by atoms with van der Waals surface area (Å²) in [6.45, 7) is 12.4. The summed E-state index contributed by atoms with van der Waals surface area (Å²) in [4.78, 5) is 50.6. The molecule has 9 nitrogen and oxygen atoms in total. The molecule has 1 saturated heterocycles. The third-order valence-corrected chi connectivity index (χ3v) is 12.1. The van der Waals surface area contributed by atoms with Crippen molar-refractivity contribution >= 4 is 23.7 Å². The van der Waals surface area contributed by atoms with Crippen LogP contribution < -0.4 is 0 Å². The lowest BCUT2D eigenvalue weighted by Crippen LogP contribution is -2.69. The number of ketones is 1. The second kappa shape index (κ2) is 8.99. The molecule has 4 aliphatic carbocycles. The molecule has 11 atom stereocenters. The lowest BCUT2D eigenvalue weighted by atomic mass is 9.42. The van der Waals surface area contributed by atoms with Crippen LogP contribution in [0.25, 0.3) is 0 Å². The van der Waals surface area contributed by atoms with Crippen molar-refractivity contribution in [3.63, 3.8) is 0 Å². The van der Waals surface area contributed by atoms with Gasteiger partial charge in [-0.15, -0.1) is 0 Å². The van der Waals surface area contributed by atoms with Crippen LogP contribution in [0.1, 0.15) is 87.0 Å². The number of cyclic esters (lactones) is 1. The third kappa shape index (κ3) is 3.66. The number of fused-ring (bicyclic) bond motifs is 4. The average molecular weight is 571 g/mol. The Kier molecular flexibility index (Phi) is 6.27. The number of ether oxygens (including phenoxy) is 4. The molecule has 2 aliphatic heterocycles. The van der Waals surface area contributed by atoms with Gasteiger partial charge in [0.2, 0.25) is 0 Å². The lowest BCUT2D eigenvalue weighted by molar-refractivity contribution is -0.225. The molecule has 0 bridgehead atoms. The number of aliphatic hydroxyl groups is 1. The van der Waals surface area contributed by atoms with Crippen LogP contribution in [0.4, 0.5) is 0 Å². The summed E-state index contributed by atoms with van der Waals surface area (Å²) in [6.07, 6.45) is 2.76. The van der Waals surface area contributed by atoms with Gasteiger partial charge in [0.25, 0.3) is 0 Å². The maximum atomic E-state index is 13.9. The Hall–Kier alpha value is -2.52. The van der Waals surface area contributed by atoms with E-state index in [0.29, 0.717) is 37.7 Å². The molecule has 2 heterocycles. The third-order valence-electron chi connectivity index (χ3n) is 12.1. The summed E-state index contributed by atoms with van der Waals surface area (Å²) >= 11 is 0. The van der Waals surface area contributed by atoms with E-state index in [1.807, 2.05) is 33.8 Å². The summed E-state index contributed by atoms with van der Waals surface area (Å²) in [6, 6.07) is 0. The molecule has 41 heavy (non-hydrogen) atoms. The maximum absolute atomic E-state index is 13.9. The molecular formula is C32H42O9. The minimum absolute atomic E-state index is 0.00487. The minimum atomic E-state index is -1.47. The van der Waals surface area contributed by atoms with Gasteiger partial charge in [0.05, 0.1) is 11.5 Å². The number of esters is 3. The Morgan fingerprint density at radius 1 is 1.07 bits per heavy atom. The minimum Gasteiger partial charge on any atom is -0.462 e. The Morgan fingerprint density at radius 2 is 1.76 bits per heavy atom. The standard InChI is InChI=1S/C32H42O9/c1-15-10-24(40-28(36)16(15)2)17(3)22-12-27(39-19(5)34)32(37)23-13-26-31(41-26)14-20(38-18(4)33)11-25(35)30(31,7)21(23)8-9-29(22,32)6/h12,17,20-21,23-24,26-27,37H,8-11,13-14H2,1-7H3/t17-,20-,21-,23+,24+,26+,27-,29+,30-,31-,32-/m0/s1. The van der Waals surface area contributed by atoms with E-state index in [1.165, 1.54) is 13.8 Å². The van der Waals surface area contributed by atoms with Gasteiger partial charge in [-0.05, 0) is 57.9 Å². The molecule has 6 aliphatic rings. The zero-order valence-corrected chi connectivity index (χ0v) is 25.1. The highest BCUT2D eigenvalue weighted by molar-refractivity contribution is 5.90. The summed E-state index contributed by atoms with van der Waals surface area (Å²) in [7, 11) is 0. The van der Waals surface area contributed by atoms with Crippen LogP contribution in [0.2, 0.25) is 0 Å². The molecule has 0 amide bonds. The van der Waals surface area contributed by atoms with Crippen LogP contribution >= 0.6 is 0 Å². The Bertz CT molecular complexity index is 1300. The molecule has 1 N–H and O–H groups in total. The SMILES string of the molecule is CC(=O)O[C@H]1CC(=O)[C@]2(C)[C@H]3CC[C@]4(C)C([C@H](C)[C@H]5CC(C)=C(C)C(=O)O5)=C[C@H](OC(C)=O)[C@@]4(O)[C@@H]3C[C@H]3O[C@@]32C1. The van der Waals surface area contributed by atoms with Crippen molar-refractivity contribution in [2.75, 3.05) is 0 Å². The zero-order chi connectivity index (χ0) is 29.9. The number of epoxide rings is 1. The van der Waals surface area contributed by atoms with E-state index in [1.54, 1.807) is 6.92 Å². The van der Waals surface area contributed by atoms with Crippen molar-refractivity contribution in [3.05, 3.63) is 22.8 Å². The smallest absolute Gasteiger partial charge is 0.333 e. The van der Waals surface area contributed by atoms with Gasteiger partial charge in [-0.1, -0.05) is 25.0 Å². The number of carbonyl (C=O) groups is 4. The van der Waals surface area contributed by atoms with E-state index < -0.39 is 52.3 Å². The van der Waals surface area contributed by atoms with Crippen molar-refractivity contribution in [2.24, 2.45) is 28.6 Å². The summed E-state index contributed by atoms with van der Waals surface area (Å²) < 4.78 is 23.6. The molecule has 3 saturated carbocycles. The van der Waals surface area contributed by atoms with E-state index in [9.17, 15) is 24.3 Å². The van der Waals surface area contributed by atoms with Crippen LogP contribution in [0, 0.1) is 28.6 Å². The van der Waals surface area contributed by atoms with Crippen LogP contribution in [-0.2, 0) is 38.1 Å². The van der Waals surface area contributed by atoms with Crippen molar-refractivity contribution in [1.82, 2.24) is 0 Å². The van der Waals surface area contributed by atoms with Gasteiger partial charge in [-0.25, -0.2) is 4.79 Å². The topological polar surface area (TPSA) is 129 Å². The number of hydrogen-bond donors (Lipinski definition) is 1. The molecular weight excluding hydrogens is 528 g/mol. The van der Waals surface area contributed by atoms with E-state index >= 15 is 0 Å². The summed E-state index contributed by atoms with van der Waals surface area (Å²) in [5.74, 6) is -2.02. The van der Waals surface area contributed by atoms with E-state index in [2.05, 4.69) is 0 Å². The first-order valence-corrected chi connectivity index (χ1v) is 15.0.